The fourth-order valence-electron chi connectivity index (χ4n) is 2.66. The molecule has 0 saturated carbocycles. The van der Waals surface area contributed by atoms with Crippen LogP contribution in [0.25, 0.3) is 10.8 Å². The van der Waals surface area contributed by atoms with Crippen molar-refractivity contribution in [1.82, 2.24) is 5.32 Å². The van der Waals surface area contributed by atoms with Crippen LogP contribution in [-0.4, -0.2) is 18.8 Å². The van der Waals surface area contributed by atoms with E-state index in [0.717, 1.165) is 32.6 Å². The largest absolute Gasteiger partial charge is 0.381 e. The second kappa shape index (κ2) is 5.32. The summed E-state index contributed by atoms with van der Waals surface area (Å²) in [6, 6.07) is 15.2. The third-order valence-corrected chi connectivity index (χ3v) is 4.13. The maximum absolute atomic E-state index is 5.43. The van der Waals surface area contributed by atoms with Crippen LogP contribution in [0.1, 0.15) is 25.3 Å². The first-order valence-corrected chi connectivity index (χ1v) is 7.06. The molecule has 0 amide bonds. The molecule has 1 heterocycles. The first-order valence-electron chi connectivity index (χ1n) is 7.06. The zero-order chi connectivity index (χ0) is 13.1. The van der Waals surface area contributed by atoms with Crippen LogP contribution in [0, 0.1) is 0 Å². The molecule has 0 unspecified atom stereocenters. The summed E-state index contributed by atoms with van der Waals surface area (Å²) in [5.74, 6) is 0. The predicted octanol–water partition coefficient (Wildman–Crippen LogP) is 3.50. The van der Waals surface area contributed by atoms with Crippen molar-refractivity contribution in [2.24, 2.45) is 0 Å². The van der Waals surface area contributed by atoms with Gasteiger partial charge in [-0.1, -0.05) is 36.4 Å². The molecule has 0 aromatic heterocycles. The standard InChI is InChI=1S/C17H21NO/c1-17(8-10-19-11-9-17)18-13-14-6-7-15-4-2-3-5-16(15)12-14/h2-7,12,18H,8-11,13H2,1H3. The molecule has 2 aromatic carbocycles. The van der Waals surface area contributed by atoms with Crippen molar-refractivity contribution in [2.45, 2.75) is 31.8 Å². The number of rotatable bonds is 3. The molecule has 2 aromatic rings. The average Bonchev–Trinajstić information content (AvgIpc) is 2.46. The topological polar surface area (TPSA) is 21.3 Å². The molecule has 3 rings (SSSR count). The quantitative estimate of drug-likeness (QED) is 0.906. The molecular formula is C17H21NO. The Kier molecular flexibility index (Phi) is 3.54. The summed E-state index contributed by atoms with van der Waals surface area (Å²) in [6.07, 6.45) is 2.20. The van der Waals surface area contributed by atoms with E-state index >= 15 is 0 Å². The van der Waals surface area contributed by atoms with Crippen LogP contribution in [0.4, 0.5) is 0 Å². The van der Waals surface area contributed by atoms with Crippen molar-refractivity contribution in [2.75, 3.05) is 13.2 Å². The van der Waals surface area contributed by atoms with Crippen molar-refractivity contribution in [3.63, 3.8) is 0 Å². The molecular weight excluding hydrogens is 234 g/mol. The summed E-state index contributed by atoms with van der Waals surface area (Å²) in [7, 11) is 0. The zero-order valence-electron chi connectivity index (χ0n) is 11.5. The second-order valence-electron chi connectivity index (χ2n) is 5.71. The van der Waals surface area contributed by atoms with Crippen LogP contribution in [0.2, 0.25) is 0 Å². The Labute approximate surface area is 114 Å². The third-order valence-electron chi connectivity index (χ3n) is 4.13. The minimum atomic E-state index is 0.226. The zero-order valence-corrected chi connectivity index (χ0v) is 11.5. The maximum Gasteiger partial charge on any atom is 0.0483 e. The van der Waals surface area contributed by atoms with Gasteiger partial charge in [0.05, 0.1) is 0 Å². The minimum Gasteiger partial charge on any atom is -0.381 e. The smallest absolute Gasteiger partial charge is 0.0483 e. The van der Waals surface area contributed by atoms with Gasteiger partial charge in [0.15, 0.2) is 0 Å². The molecule has 1 aliphatic rings. The van der Waals surface area contributed by atoms with E-state index in [9.17, 15) is 0 Å². The molecule has 2 nitrogen and oxygen atoms in total. The van der Waals surface area contributed by atoms with E-state index < -0.39 is 0 Å². The van der Waals surface area contributed by atoms with E-state index in [4.69, 9.17) is 4.74 Å². The van der Waals surface area contributed by atoms with Crippen LogP contribution in [0.15, 0.2) is 42.5 Å². The van der Waals surface area contributed by atoms with Gasteiger partial charge < -0.3 is 10.1 Å². The van der Waals surface area contributed by atoms with Crippen LogP contribution in [0.5, 0.6) is 0 Å². The lowest BCUT2D eigenvalue weighted by Gasteiger charge is -2.34. The Balaban J connectivity index is 1.71. The molecule has 1 N–H and O–H groups in total. The van der Waals surface area contributed by atoms with E-state index in [-0.39, 0.29) is 5.54 Å². The number of fused-ring (bicyclic) bond motifs is 1. The molecule has 19 heavy (non-hydrogen) atoms. The van der Waals surface area contributed by atoms with Crippen LogP contribution in [0.3, 0.4) is 0 Å². The SMILES string of the molecule is CC1(NCc2ccc3ccccc3c2)CCOCC1. The maximum atomic E-state index is 5.43. The fraction of sp³-hybridized carbons (Fsp3) is 0.412. The number of hydrogen-bond donors (Lipinski definition) is 1. The summed E-state index contributed by atoms with van der Waals surface area (Å²) in [5, 5.41) is 6.33. The predicted molar refractivity (Wildman–Crippen MR) is 79.2 cm³/mol. The Bertz CT molecular complexity index is 558. The molecule has 1 fully saturated rings. The van der Waals surface area contributed by atoms with Gasteiger partial charge >= 0.3 is 0 Å². The van der Waals surface area contributed by atoms with Gasteiger partial charge in [0, 0.05) is 25.3 Å². The van der Waals surface area contributed by atoms with Crippen LogP contribution < -0.4 is 5.32 Å². The van der Waals surface area contributed by atoms with Gasteiger partial charge in [0.1, 0.15) is 0 Å². The van der Waals surface area contributed by atoms with Gasteiger partial charge in [0.25, 0.3) is 0 Å². The lowest BCUT2D eigenvalue weighted by atomic mass is 9.92. The lowest BCUT2D eigenvalue weighted by molar-refractivity contribution is 0.0446. The molecule has 0 atom stereocenters. The molecule has 0 aliphatic carbocycles. The highest BCUT2D eigenvalue weighted by Gasteiger charge is 2.26. The Hall–Kier alpha value is -1.38. The number of ether oxygens (including phenoxy) is 1. The van der Waals surface area contributed by atoms with E-state index in [1.807, 2.05) is 0 Å². The van der Waals surface area contributed by atoms with Crippen LogP contribution in [-0.2, 0) is 11.3 Å². The minimum absolute atomic E-state index is 0.226. The fourth-order valence-corrected chi connectivity index (χ4v) is 2.66. The molecule has 0 spiro atoms. The van der Waals surface area contributed by atoms with Gasteiger partial charge in [0.2, 0.25) is 0 Å². The van der Waals surface area contributed by atoms with Gasteiger partial charge in [-0.2, -0.15) is 0 Å². The molecule has 1 saturated heterocycles. The Morgan fingerprint density at radius 1 is 1.05 bits per heavy atom. The van der Waals surface area contributed by atoms with Crippen molar-refractivity contribution in [3.05, 3.63) is 48.0 Å². The average molecular weight is 255 g/mol. The lowest BCUT2D eigenvalue weighted by Crippen LogP contribution is -2.46. The molecule has 2 heteroatoms. The van der Waals surface area contributed by atoms with E-state index in [0.29, 0.717) is 0 Å². The van der Waals surface area contributed by atoms with E-state index in [1.165, 1.54) is 16.3 Å². The first-order chi connectivity index (χ1) is 9.25. The summed E-state index contributed by atoms with van der Waals surface area (Å²) in [5.41, 5.74) is 1.58. The van der Waals surface area contributed by atoms with Crippen molar-refractivity contribution in [3.8, 4) is 0 Å². The summed E-state index contributed by atoms with van der Waals surface area (Å²) in [4.78, 5) is 0. The third kappa shape index (κ3) is 2.96. The van der Waals surface area contributed by atoms with Gasteiger partial charge in [-0.3, -0.25) is 0 Å². The number of hydrogen-bond acceptors (Lipinski definition) is 2. The van der Waals surface area contributed by atoms with E-state index in [1.54, 1.807) is 0 Å². The van der Waals surface area contributed by atoms with Crippen molar-refractivity contribution in [1.29, 1.82) is 0 Å². The van der Waals surface area contributed by atoms with Gasteiger partial charge in [-0.05, 0) is 42.2 Å². The molecule has 100 valence electrons. The highest BCUT2D eigenvalue weighted by Crippen LogP contribution is 2.21. The Morgan fingerprint density at radius 2 is 1.79 bits per heavy atom. The monoisotopic (exact) mass is 255 g/mol. The van der Waals surface area contributed by atoms with Crippen LogP contribution >= 0.6 is 0 Å². The summed E-state index contributed by atoms with van der Waals surface area (Å²) >= 11 is 0. The highest BCUT2D eigenvalue weighted by atomic mass is 16.5. The molecule has 1 aliphatic heterocycles. The summed E-state index contributed by atoms with van der Waals surface area (Å²) < 4.78 is 5.43. The Morgan fingerprint density at radius 3 is 2.58 bits per heavy atom. The summed E-state index contributed by atoms with van der Waals surface area (Å²) in [6.45, 7) is 4.99. The highest BCUT2D eigenvalue weighted by molar-refractivity contribution is 5.82. The number of benzene rings is 2. The normalized spacial score (nSPS) is 18.6. The van der Waals surface area contributed by atoms with Gasteiger partial charge in [-0.25, -0.2) is 0 Å². The van der Waals surface area contributed by atoms with Crippen molar-refractivity contribution >= 4 is 10.8 Å². The first kappa shape index (κ1) is 12.6. The van der Waals surface area contributed by atoms with Crippen molar-refractivity contribution < 1.29 is 4.74 Å². The second-order valence-corrected chi connectivity index (χ2v) is 5.71. The number of nitrogens with one attached hydrogen (secondary N) is 1. The van der Waals surface area contributed by atoms with E-state index in [2.05, 4.69) is 54.7 Å². The molecule has 0 bridgehead atoms. The molecule has 0 radical (unpaired) electrons. The van der Waals surface area contributed by atoms with Gasteiger partial charge in [-0.15, -0.1) is 0 Å².